The number of halogens is 1. The van der Waals surface area contributed by atoms with Crippen LogP contribution in [-0.4, -0.2) is 36.2 Å². The standard InChI is InChI=1S/C19H28ClN5O/c1-14-24-17(26-25-14)9-6-10-22-18(21-4)23-13-19(2,3)12-15-7-5-8-16(20)11-15/h5,7-8,11H,6,9-10,12-13H2,1-4H3,(H2,21,22,23). The van der Waals surface area contributed by atoms with E-state index >= 15 is 0 Å². The van der Waals surface area contributed by atoms with Gasteiger partial charge in [-0.25, -0.2) is 0 Å². The van der Waals surface area contributed by atoms with Crippen LogP contribution in [0.5, 0.6) is 0 Å². The van der Waals surface area contributed by atoms with Crippen molar-refractivity contribution in [2.75, 3.05) is 20.1 Å². The molecule has 2 rings (SSSR count). The van der Waals surface area contributed by atoms with Gasteiger partial charge in [0.1, 0.15) is 0 Å². The molecule has 1 aromatic carbocycles. The highest BCUT2D eigenvalue weighted by Crippen LogP contribution is 2.22. The molecular weight excluding hydrogens is 350 g/mol. The normalized spacial score (nSPS) is 12.3. The molecule has 0 aliphatic rings. The van der Waals surface area contributed by atoms with Gasteiger partial charge in [0, 0.05) is 31.6 Å². The molecule has 1 heterocycles. The third-order valence-electron chi connectivity index (χ3n) is 3.96. The van der Waals surface area contributed by atoms with Crippen molar-refractivity contribution < 1.29 is 4.52 Å². The van der Waals surface area contributed by atoms with Crippen LogP contribution < -0.4 is 10.6 Å². The number of rotatable bonds is 8. The Morgan fingerprint density at radius 2 is 2.12 bits per heavy atom. The van der Waals surface area contributed by atoms with Gasteiger partial charge in [0.15, 0.2) is 11.8 Å². The summed E-state index contributed by atoms with van der Waals surface area (Å²) in [6, 6.07) is 8.03. The smallest absolute Gasteiger partial charge is 0.226 e. The Labute approximate surface area is 160 Å². The fraction of sp³-hybridized carbons (Fsp3) is 0.526. The molecule has 0 atom stereocenters. The van der Waals surface area contributed by atoms with E-state index in [2.05, 4.69) is 45.7 Å². The molecule has 0 saturated heterocycles. The highest BCUT2D eigenvalue weighted by Gasteiger charge is 2.19. The molecule has 142 valence electrons. The zero-order valence-electron chi connectivity index (χ0n) is 16.0. The summed E-state index contributed by atoms with van der Waals surface area (Å²) in [5.74, 6) is 2.15. The van der Waals surface area contributed by atoms with Crippen molar-refractivity contribution in [1.29, 1.82) is 0 Å². The molecule has 0 aliphatic carbocycles. The van der Waals surface area contributed by atoms with Gasteiger partial charge in [-0.15, -0.1) is 0 Å². The number of aromatic nitrogens is 2. The lowest BCUT2D eigenvalue weighted by Crippen LogP contribution is -2.43. The van der Waals surface area contributed by atoms with E-state index in [1.165, 1.54) is 5.56 Å². The predicted octanol–water partition coefficient (Wildman–Crippen LogP) is 3.40. The largest absolute Gasteiger partial charge is 0.356 e. The van der Waals surface area contributed by atoms with E-state index < -0.39 is 0 Å². The number of nitrogens with one attached hydrogen (secondary N) is 2. The lowest BCUT2D eigenvalue weighted by atomic mass is 9.86. The van der Waals surface area contributed by atoms with E-state index in [1.54, 1.807) is 7.05 Å². The number of hydrogen-bond acceptors (Lipinski definition) is 4. The first kappa shape index (κ1) is 20.2. The minimum absolute atomic E-state index is 0.0730. The van der Waals surface area contributed by atoms with Crippen LogP contribution in [0.25, 0.3) is 0 Å². The van der Waals surface area contributed by atoms with Crippen molar-refractivity contribution in [2.24, 2.45) is 10.4 Å². The predicted molar refractivity (Wildman–Crippen MR) is 106 cm³/mol. The van der Waals surface area contributed by atoms with Crippen LogP contribution in [0, 0.1) is 12.3 Å². The molecule has 0 bridgehead atoms. The maximum atomic E-state index is 6.08. The number of hydrogen-bond donors (Lipinski definition) is 2. The molecule has 7 heteroatoms. The Kier molecular flexibility index (Phi) is 7.45. The average Bonchev–Trinajstić information content (AvgIpc) is 2.99. The number of aliphatic imine (C=N–C) groups is 1. The van der Waals surface area contributed by atoms with Gasteiger partial charge in [-0.3, -0.25) is 4.99 Å². The van der Waals surface area contributed by atoms with Gasteiger partial charge >= 0.3 is 0 Å². The minimum atomic E-state index is 0.0730. The molecule has 0 unspecified atom stereocenters. The Bertz CT molecular complexity index is 726. The molecule has 0 saturated carbocycles. The Balaban J connectivity index is 1.72. The van der Waals surface area contributed by atoms with E-state index in [-0.39, 0.29) is 5.41 Å². The molecule has 0 aliphatic heterocycles. The van der Waals surface area contributed by atoms with Crippen LogP contribution >= 0.6 is 11.6 Å². The Morgan fingerprint density at radius 3 is 2.77 bits per heavy atom. The monoisotopic (exact) mass is 377 g/mol. The van der Waals surface area contributed by atoms with Gasteiger partial charge in [-0.2, -0.15) is 4.98 Å². The van der Waals surface area contributed by atoms with Gasteiger partial charge in [0.2, 0.25) is 5.89 Å². The van der Waals surface area contributed by atoms with Crippen molar-refractivity contribution in [1.82, 2.24) is 20.8 Å². The van der Waals surface area contributed by atoms with E-state index in [9.17, 15) is 0 Å². The number of guanidine groups is 1. The molecule has 2 N–H and O–H groups in total. The molecule has 0 amide bonds. The molecule has 6 nitrogen and oxygen atoms in total. The summed E-state index contributed by atoms with van der Waals surface area (Å²) in [6.45, 7) is 7.87. The van der Waals surface area contributed by atoms with E-state index in [4.69, 9.17) is 16.1 Å². The van der Waals surface area contributed by atoms with Crippen LogP contribution in [0.15, 0.2) is 33.8 Å². The first-order chi connectivity index (χ1) is 12.4. The Hall–Kier alpha value is -2.08. The van der Waals surface area contributed by atoms with Gasteiger partial charge < -0.3 is 15.2 Å². The number of aryl methyl sites for hydroxylation is 2. The van der Waals surface area contributed by atoms with Crippen LogP contribution in [0.3, 0.4) is 0 Å². The van der Waals surface area contributed by atoms with E-state index in [1.807, 2.05) is 25.1 Å². The molecule has 2 aromatic rings. The summed E-state index contributed by atoms with van der Waals surface area (Å²) >= 11 is 6.08. The zero-order chi connectivity index (χ0) is 19.0. The molecule has 0 spiro atoms. The second-order valence-corrected chi connectivity index (χ2v) is 7.60. The molecule has 1 aromatic heterocycles. The van der Waals surface area contributed by atoms with Crippen LogP contribution in [0.4, 0.5) is 0 Å². The van der Waals surface area contributed by atoms with Gasteiger partial charge in [0.05, 0.1) is 0 Å². The second kappa shape index (κ2) is 9.57. The molecular formula is C19H28ClN5O. The second-order valence-electron chi connectivity index (χ2n) is 7.16. The quantitative estimate of drug-likeness (QED) is 0.419. The summed E-state index contributed by atoms with van der Waals surface area (Å²) in [4.78, 5) is 8.48. The van der Waals surface area contributed by atoms with Crippen molar-refractivity contribution in [2.45, 2.75) is 40.0 Å². The van der Waals surface area contributed by atoms with Crippen molar-refractivity contribution in [3.8, 4) is 0 Å². The van der Waals surface area contributed by atoms with Gasteiger partial charge in [-0.05, 0) is 42.9 Å². The summed E-state index contributed by atoms with van der Waals surface area (Å²) in [5.41, 5.74) is 1.31. The summed E-state index contributed by atoms with van der Waals surface area (Å²) < 4.78 is 5.11. The van der Waals surface area contributed by atoms with Crippen molar-refractivity contribution in [3.63, 3.8) is 0 Å². The molecule has 26 heavy (non-hydrogen) atoms. The third kappa shape index (κ3) is 7.04. The summed E-state index contributed by atoms with van der Waals surface area (Å²) in [7, 11) is 1.78. The van der Waals surface area contributed by atoms with E-state index in [0.29, 0.717) is 11.7 Å². The lowest BCUT2D eigenvalue weighted by molar-refractivity contribution is 0.358. The number of nitrogens with zero attached hydrogens (tertiary/aromatic N) is 3. The van der Waals surface area contributed by atoms with Crippen molar-refractivity contribution >= 4 is 17.6 Å². The first-order valence-electron chi connectivity index (χ1n) is 8.86. The molecule has 0 radical (unpaired) electrons. The first-order valence-corrected chi connectivity index (χ1v) is 9.24. The van der Waals surface area contributed by atoms with Crippen molar-refractivity contribution in [3.05, 3.63) is 46.6 Å². The zero-order valence-corrected chi connectivity index (χ0v) is 16.7. The van der Waals surface area contributed by atoms with E-state index in [0.717, 1.165) is 43.3 Å². The maximum Gasteiger partial charge on any atom is 0.226 e. The SMILES string of the molecule is CN=C(NCCCc1nc(C)no1)NCC(C)(C)Cc1cccc(Cl)c1. The Morgan fingerprint density at radius 1 is 1.31 bits per heavy atom. The number of benzene rings is 1. The fourth-order valence-corrected chi connectivity index (χ4v) is 2.91. The van der Waals surface area contributed by atoms with Crippen LogP contribution in [-0.2, 0) is 12.8 Å². The van der Waals surface area contributed by atoms with Crippen LogP contribution in [0.2, 0.25) is 5.02 Å². The van der Waals surface area contributed by atoms with Crippen LogP contribution in [0.1, 0.15) is 37.5 Å². The highest BCUT2D eigenvalue weighted by molar-refractivity contribution is 6.30. The highest BCUT2D eigenvalue weighted by atomic mass is 35.5. The topological polar surface area (TPSA) is 75.3 Å². The average molecular weight is 378 g/mol. The molecule has 0 fully saturated rings. The summed E-state index contributed by atoms with van der Waals surface area (Å²) in [5, 5.41) is 11.3. The van der Waals surface area contributed by atoms with Gasteiger partial charge in [-0.1, -0.05) is 42.7 Å². The lowest BCUT2D eigenvalue weighted by Gasteiger charge is -2.26. The summed E-state index contributed by atoms with van der Waals surface area (Å²) in [6.07, 6.45) is 2.59. The van der Waals surface area contributed by atoms with Gasteiger partial charge in [0.25, 0.3) is 0 Å². The third-order valence-corrected chi connectivity index (χ3v) is 4.19. The minimum Gasteiger partial charge on any atom is -0.356 e. The maximum absolute atomic E-state index is 6.08. The fourth-order valence-electron chi connectivity index (χ4n) is 2.69.